The molecule has 0 bridgehead atoms. The van der Waals surface area contributed by atoms with Crippen LogP contribution in [0.4, 0.5) is 0 Å². The Hall–Kier alpha value is -1.35. The minimum Gasteiger partial charge on any atom is -0.368 e. The summed E-state index contributed by atoms with van der Waals surface area (Å²) in [5, 5.41) is 0. The molecule has 0 saturated heterocycles. The summed E-state index contributed by atoms with van der Waals surface area (Å²) in [4.78, 5) is 11.5. The summed E-state index contributed by atoms with van der Waals surface area (Å²) in [5.74, 6) is 0.374. The summed E-state index contributed by atoms with van der Waals surface area (Å²) >= 11 is 0. The SMILES string of the molecule is COC1(C(N)=O)CCC(CCc2ccccc2)CC1. The fourth-order valence-electron chi connectivity index (χ4n) is 3.00. The van der Waals surface area contributed by atoms with Crippen molar-refractivity contribution in [1.82, 2.24) is 0 Å². The largest absolute Gasteiger partial charge is 0.368 e. The average Bonchev–Trinajstić information content (AvgIpc) is 2.46. The molecule has 1 aromatic rings. The van der Waals surface area contributed by atoms with Gasteiger partial charge in [0.25, 0.3) is 0 Å². The molecular weight excluding hydrogens is 238 g/mol. The number of nitrogens with two attached hydrogens (primary N) is 1. The van der Waals surface area contributed by atoms with Crippen LogP contribution in [0.5, 0.6) is 0 Å². The molecule has 1 fully saturated rings. The minimum atomic E-state index is -0.705. The Morgan fingerprint density at radius 1 is 1.32 bits per heavy atom. The Balaban J connectivity index is 1.82. The number of amides is 1. The van der Waals surface area contributed by atoms with Gasteiger partial charge in [-0.2, -0.15) is 0 Å². The first-order valence-corrected chi connectivity index (χ1v) is 7.05. The van der Waals surface area contributed by atoms with Crippen LogP contribution in [0.25, 0.3) is 0 Å². The van der Waals surface area contributed by atoms with Crippen molar-refractivity contribution < 1.29 is 9.53 Å². The summed E-state index contributed by atoms with van der Waals surface area (Å²) in [5.41, 5.74) is 6.14. The molecule has 0 atom stereocenters. The summed E-state index contributed by atoms with van der Waals surface area (Å²) in [6, 6.07) is 10.6. The van der Waals surface area contributed by atoms with E-state index in [-0.39, 0.29) is 5.91 Å². The van der Waals surface area contributed by atoms with Gasteiger partial charge < -0.3 is 10.5 Å². The average molecular weight is 261 g/mol. The van der Waals surface area contributed by atoms with Gasteiger partial charge in [-0.25, -0.2) is 0 Å². The van der Waals surface area contributed by atoms with E-state index in [0.717, 1.165) is 32.1 Å². The van der Waals surface area contributed by atoms with Gasteiger partial charge in [-0.3, -0.25) is 4.79 Å². The van der Waals surface area contributed by atoms with E-state index >= 15 is 0 Å². The van der Waals surface area contributed by atoms with Crippen LogP contribution in [0.15, 0.2) is 30.3 Å². The van der Waals surface area contributed by atoms with E-state index in [2.05, 4.69) is 24.3 Å². The molecular formula is C16H23NO2. The second-order valence-corrected chi connectivity index (χ2v) is 5.53. The fraction of sp³-hybridized carbons (Fsp3) is 0.562. The summed E-state index contributed by atoms with van der Waals surface area (Å²) in [6.07, 6.45) is 5.88. The molecule has 1 aliphatic rings. The smallest absolute Gasteiger partial charge is 0.249 e. The Bertz CT molecular complexity index is 408. The zero-order valence-corrected chi connectivity index (χ0v) is 11.6. The van der Waals surface area contributed by atoms with Crippen molar-refractivity contribution in [3.05, 3.63) is 35.9 Å². The van der Waals surface area contributed by atoms with Crippen molar-refractivity contribution in [3.63, 3.8) is 0 Å². The van der Waals surface area contributed by atoms with Gasteiger partial charge in [0.05, 0.1) is 0 Å². The Labute approximate surface area is 115 Å². The maximum absolute atomic E-state index is 11.5. The normalized spacial score (nSPS) is 27.1. The first-order chi connectivity index (χ1) is 9.16. The highest BCUT2D eigenvalue weighted by Crippen LogP contribution is 2.36. The zero-order valence-electron chi connectivity index (χ0n) is 11.6. The number of carbonyl (C=O) groups excluding carboxylic acids is 1. The lowest BCUT2D eigenvalue weighted by Crippen LogP contribution is -2.48. The topological polar surface area (TPSA) is 52.3 Å². The second kappa shape index (κ2) is 6.20. The molecule has 0 aromatic heterocycles. The number of hydrogen-bond donors (Lipinski definition) is 1. The monoisotopic (exact) mass is 261 g/mol. The van der Waals surface area contributed by atoms with E-state index in [1.165, 1.54) is 12.0 Å². The maximum atomic E-state index is 11.5. The van der Waals surface area contributed by atoms with Gasteiger partial charge in [0.15, 0.2) is 0 Å². The molecule has 19 heavy (non-hydrogen) atoms. The highest BCUT2D eigenvalue weighted by molar-refractivity contribution is 5.83. The first-order valence-electron chi connectivity index (χ1n) is 7.05. The molecule has 2 rings (SSSR count). The van der Waals surface area contributed by atoms with E-state index in [0.29, 0.717) is 5.92 Å². The molecule has 1 saturated carbocycles. The molecule has 3 heteroatoms. The quantitative estimate of drug-likeness (QED) is 0.886. The number of primary amides is 1. The third kappa shape index (κ3) is 3.35. The van der Waals surface area contributed by atoms with Crippen LogP contribution in [0.2, 0.25) is 0 Å². The lowest BCUT2D eigenvalue weighted by Gasteiger charge is -2.36. The third-order valence-corrected chi connectivity index (χ3v) is 4.44. The molecule has 0 aliphatic heterocycles. The van der Waals surface area contributed by atoms with Gasteiger partial charge in [-0.05, 0) is 50.0 Å². The number of hydrogen-bond acceptors (Lipinski definition) is 2. The van der Waals surface area contributed by atoms with E-state index in [4.69, 9.17) is 10.5 Å². The lowest BCUT2D eigenvalue weighted by molar-refractivity contribution is -0.145. The van der Waals surface area contributed by atoms with Gasteiger partial charge in [-0.15, -0.1) is 0 Å². The molecule has 0 radical (unpaired) electrons. The van der Waals surface area contributed by atoms with Crippen molar-refractivity contribution >= 4 is 5.91 Å². The van der Waals surface area contributed by atoms with Gasteiger partial charge in [0.2, 0.25) is 5.91 Å². The molecule has 104 valence electrons. The van der Waals surface area contributed by atoms with Crippen LogP contribution in [-0.4, -0.2) is 18.6 Å². The molecule has 1 aliphatic carbocycles. The summed E-state index contributed by atoms with van der Waals surface area (Å²) < 4.78 is 5.38. The molecule has 0 spiro atoms. The van der Waals surface area contributed by atoms with E-state index in [9.17, 15) is 4.79 Å². The maximum Gasteiger partial charge on any atom is 0.249 e. The predicted octanol–water partition coefficient (Wildman–Crippen LogP) is 2.68. The van der Waals surface area contributed by atoms with Crippen LogP contribution in [-0.2, 0) is 16.0 Å². The molecule has 0 heterocycles. The summed E-state index contributed by atoms with van der Waals surface area (Å²) in [6.45, 7) is 0. The number of benzene rings is 1. The van der Waals surface area contributed by atoms with Crippen molar-refractivity contribution in [3.8, 4) is 0 Å². The van der Waals surface area contributed by atoms with Gasteiger partial charge in [0.1, 0.15) is 5.60 Å². The van der Waals surface area contributed by atoms with E-state index < -0.39 is 5.60 Å². The highest BCUT2D eigenvalue weighted by Gasteiger charge is 2.40. The van der Waals surface area contributed by atoms with Crippen molar-refractivity contribution in [2.24, 2.45) is 11.7 Å². The van der Waals surface area contributed by atoms with Crippen LogP contribution < -0.4 is 5.73 Å². The molecule has 3 nitrogen and oxygen atoms in total. The van der Waals surface area contributed by atoms with Crippen LogP contribution in [0, 0.1) is 5.92 Å². The van der Waals surface area contributed by atoms with Gasteiger partial charge in [0, 0.05) is 7.11 Å². The molecule has 2 N–H and O–H groups in total. The number of aryl methyl sites for hydroxylation is 1. The fourth-order valence-corrected chi connectivity index (χ4v) is 3.00. The van der Waals surface area contributed by atoms with Crippen molar-refractivity contribution in [2.75, 3.05) is 7.11 Å². The highest BCUT2D eigenvalue weighted by atomic mass is 16.5. The molecule has 1 amide bonds. The number of rotatable bonds is 5. The number of ether oxygens (including phenoxy) is 1. The summed E-state index contributed by atoms with van der Waals surface area (Å²) in [7, 11) is 1.59. The minimum absolute atomic E-state index is 0.309. The van der Waals surface area contributed by atoms with E-state index in [1.54, 1.807) is 7.11 Å². The number of methoxy groups -OCH3 is 1. The van der Waals surface area contributed by atoms with Gasteiger partial charge in [-0.1, -0.05) is 30.3 Å². The Kier molecular flexibility index (Phi) is 4.59. The molecule has 0 unspecified atom stereocenters. The third-order valence-electron chi connectivity index (χ3n) is 4.44. The Morgan fingerprint density at radius 2 is 1.95 bits per heavy atom. The van der Waals surface area contributed by atoms with Crippen molar-refractivity contribution in [2.45, 2.75) is 44.1 Å². The lowest BCUT2D eigenvalue weighted by atomic mass is 9.76. The second-order valence-electron chi connectivity index (χ2n) is 5.53. The number of carbonyl (C=O) groups is 1. The predicted molar refractivity (Wildman–Crippen MR) is 75.7 cm³/mol. The van der Waals surface area contributed by atoms with Gasteiger partial charge >= 0.3 is 0 Å². The van der Waals surface area contributed by atoms with Crippen LogP contribution in [0.1, 0.15) is 37.7 Å². The standard InChI is InChI=1S/C16H23NO2/c1-19-16(15(17)18)11-9-14(10-12-16)8-7-13-5-3-2-4-6-13/h2-6,14H,7-12H2,1H3,(H2,17,18). The zero-order chi connectivity index (χ0) is 13.7. The van der Waals surface area contributed by atoms with Crippen molar-refractivity contribution in [1.29, 1.82) is 0 Å². The molecule has 1 aromatic carbocycles. The Morgan fingerprint density at radius 3 is 2.47 bits per heavy atom. The first kappa shape index (κ1) is 14.1. The van der Waals surface area contributed by atoms with Crippen LogP contribution >= 0.6 is 0 Å². The van der Waals surface area contributed by atoms with E-state index in [1.807, 2.05) is 6.07 Å². The van der Waals surface area contributed by atoms with Crippen LogP contribution in [0.3, 0.4) is 0 Å².